The number of nitrogens with zero attached hydrogens (tertiary/aromatic N) is 3. The average Bonchev–Trinajstić information content (AvgIpc) is 2.68. The van der Waals surface area contributed by atoms with E-state index >= 15 is 0 Å². The number of carbonyl (C=O) groups excluding carboxylic acids is 1. The predicted molar refractivity (Wildman–Crippen MR) is 114 cm³/mol. The summed E-state index contributed by atoms with van der Waals surface area (Å²) >= 11 is 0. The quantitative estimate of drug-likeness (QED) is 0.744. The maximum Gasteiger partial charge on any atom is 0.234 e. The number of fused-ring (bicyclic) bond motifs is 1. The molecule has 0 unspecified atom stereocenters. The van der Waals surface area contributed by atoms with Crippen LogP contribution in [0.5, 0.6) is 0 Å². The number of amides is 1. The molecule has 1 saturated heterocycles. The summed E-state index contributed by atoms with van der Waals surface area (Å²) in [6.45, 7) is 11.6. The average molecular weight is 385 g/mol. The van der Waals surface area contributed by atoms with Crippen molar-refractivity contribution in [2.45, 2.75) is 26.7 Å². The number of anilines is 1. The van der Waals surface area contributed by atoms with Gasteiger partial charge in [-0.15, -0.1) is 0 Å². The second kappa shape index (κ2) is 9.34. The van der Waals surface area contributed by atoms with Gasteiger partial charge in [-0.1, -0.05) is 32.0 Å². The van der Waals surface area contributed by atoms with Crippen LogP contribution < -0.4 is 10.2 Å². The summed E-state index contributed by atoms with van der Waals surface area (Å²) in [4.78, 5) is 21.6. The first-order valence-electron chi connectivity index (χ1n) is 10.1. The fourth-order valence-electron chi connectivity index (χ4n) is 3.74. The van der Waals surface area contributed by atoms with Gasteiger partial charge in [-0.3, -0.25) is 9.69 Å². The first kappa shape index (κ1) is 20.6. The number of aromatic nitrogens is 1. The maximum absolute atomic E-state index is 12.0. The highest BCUT2D eigenvalue weighted by Gasteiger charge is 2.21. The number of carbonyl (C=O) groups is 1. The van der Waals surface area contributed by atoms with E-state index in [1.54, 1.807) is 7.11 Å². The molecule has 1 aliphatic rings. The third kappa shape index (κ3) is 4.80. The van der Waals surface area contributed by atoms with Crippen molar-refractivity contribution < 1.29 is 9.53 Å². The molecule has 0 spiro atoms. The molecule has 1 aliphatic heterocycles. The van der Waals surface area contributed by atoms with Gasteiger partial charge in [-0.2, -0.15) is 0 Å². The molecule has 1 fully saturated rings. The van der Waals surface area contributed by atoms with Crippen LogP contribution in [0, 0.1) is 6.92 Å². The number of para-hydroxylation sites is 1. The maximum atomic E-state index is 12.0. The monoisotopic (exact) mass is 384 g/mol. The van der Waals surface area contributed by atoms with E-state index in [2.05, 4.69) is 60.2 Å². The number of piperazine rings is 1. The first-order chi connectivity index (χ1) is 13.5. The van der Waals surface area contributed by atoms with Crippen molar-refractivity contribution in [2.24, 2.45) is 0 Å². The molecule has 2 aromatic rings. The molecule has 2 heterocycles. The molecule has 0 atom stereocenters. The standard InChI is InChI=1S/C22H32N4O2/c1-16(2)18-6-5-7-19-17(3)14-20(24-22(18)19)26-11-9-25(10-12-26)15-21(27)23-8-13-28-4/h5-7,14,16H,8-13,15H2,1-4H3,(H,23,27). The van der Waals surface area contributed by atoms with Crippen LogP contribution in [0.1, 0.15) is 30.9 Å². The van der Waals surface area contributed by atoms with Crippen molar-refractivity contribution in [3.8, 4) is 0 Å². The number of hydrogen-bond acceptors (Lipinski definition) is 5. The largest absolute Gasteiger partial charge is 0.383 e. The molecule has 0 radical (unpaired) electrons. The van der Waals surface area contributed by atoms with Crippen molar-refractivity contribution in [3.05, 3.63) is 35.4 Å². The molecule has 1 amide bonds. The van der Waals surface area contributed by atoms with Crippen LogP contribution in [-0.4, -0.2) is 68.8 Å². The van der Waals surface area contributed by atoms with Gasteiger partial charge >= 0.3 is 0 Å². The van der Waals surface area contributed by atoms with E-state index in [-0.39, 0.29) is 5.91 Å². The van der Waals surface area contributed by atoms with Crippen LogP contribution in [0.25, 0.3) is 10.9 Å². The van der Waals surface area contributed by atoms with Crippen LogP contribution in [0.3, 0.4) is 0 Å². The van der Waals surface area contributed by atoms with Crippen molar-refractivity contribution in [1.82, 2.24) is 15.2 Å². The molecule has 0 aliphatic carbocycles. The molecule has 0 bridgehead atoms. The van der Waals surface area contributed by atoms with E-state index in [0.29, 0.717) is 25.6 Å². The van der Waals surface area contributed by atoms with Gasteiger partial charge < -0.3 is 15.0 Å². The third-order valence-corrected chi connectivity index (χ3v) is 5.38. The summed E-state index contributed by atoms with van der Waals surface area (Å²) in [6.07, 6.45) is 0. The van der Waals surface area contributed by atoms with Crippen LogP contribution in [0.4, 0.5) is 5.82 Å². The molecular weight excluding hydrogens is 352 g/mol. The molecule has 1 aromatic carbocycles. The Morgan fingerprint density at radius 1 is 1.25 bits per heavy atom. The van der Waals surface area contributed by atoms with E-state index < -0.39 is 0 Å². The number of pyridine rings is 1. The highest BCUT2D eigenvalue weighted by molar-refractivity contribution is 5.87. The number of hydrogen-bond donors (Lipinski definition) is 1. The van der Waals surface area contributed by atoms with Gasteiger partial charge in [-0.05, 0) is 30.0 Å². The van der Waals surface area contributed by atoms with E-state index in [0.717, 1.165) is 37.5 Å². The van der Waals surface area contributed by atoms with Crippen LogP contribution >= 0.6 is 0 Å². The minimum Gasteiger partial charge on any atom is -0.383 e. The van der Waals surface area contributed by atoms with Gasteiger partial charge in [0.1, 0.15) is 5.82 Å². The zero-order valence-corrected chi connectivity index (χ0v) is 17.5. The lowest BCUT2D eigenvalue weighted by molar-refractivity contribution is -0.122. The zero-order valence-electron chi connectivity index (χ0n) is 17.5. The Labute approximate surface area is 167 Å². The molecule has 1 N–H and O–H groups in total. The molecule has 28 heavy (non-hydrogen) atoms. The number of methoxy groups -OCH3 is 1. The zero-order chi connectivity index (χ0) is 20.1. The molecule has 1 aromatic heterocycles. The highest BCUT2D eigenvalue weighted by Crippen LogP contribution is 2.29. The minimum atomic E-state index is 0.0618. The summed E-state index contributed by atoms with van der Waals surface area (Å²) in [5.74, 6) is 1.55. The van der Waals surface area contributed by atoms with E-state index in [4.69, 9.17) is 9.72 Å². The third-order valence-electron chi connectivity index (χ3n) is 5.38. The molecule has 3 rings (SSSR count). The molecule has 0 saturated carbocycles. The predicted octanol–water partition coefficient (Wildman–Crippen LogP) is 2.55. The number of nitrogens with one attached hydrogen (secondary N) is 1. The van der Waals surface area contributed by atoms with Crippen LogP contribution in [0.2, 0.25) is 0 Å². The Morgan fingerprint density at radius 2 is 2.00 bits per heavy atom. The van der Waals surface area contributed by atoms with Crippen molar-refractivity contribution in [3.63, 3.8) is 0 Å². The lowest BCUT2D eigenvalue weighted by atomic mass is 9.98. The topological polar surface area (TPSA) is 57.7 Å². The lowest BCUT2D eigenvalue weighted by Gasteiger charge is -2.35. The van der Waals surface area contributed by atoms with Gasteiger partial charge in [0.2, 0.25) is 5.91 Å². The Balaban J connectivity index is 1.66. The Hall–Kier alpha value is -2.18. The van der Waals surface area contributed by atoms with Gasteiger partial charge in [0, 0.05) is 45.2 Å². The van der Waals surface area contributed by atoms with Gasteiger partial charge in [0.05, 0.1) is 18.7 Å². The summed E-state index contributed by atoms with van der Waals surface area (Å²) in [6, 6.07) is 8.67. The second-order valence-electron chi connectivity index (χ2n) is 7.80. The Bertz CT molecular complexity index is 814. The SMILES string of the molecule is COCCNC(=O)CN1CCN(c2cc(C)c3cccc(C(C)C)c3n2)CC1. The Kier molecular flexibility index (Phi) is 6.86. The van der Waals surface area contributed by atoms with Crippen LogP contribution in [-0.2, 0) is 9.53 Å². The summed E-state index contributed by atoms with van der Waals surface area (Å²) in [5, 5.41) is 4.12. The summed E-state index contributed by atoms with van der Waals surface area (Å²) < 4.78 is 4.97. The minimum absolute atomic E-state index is 0.0618. The van der Waals surface area contributed by atoms with Crippen LogP contribution in [0.15, 0.2) is 24.3 Å². The number of rotatable bonds is 7. The van der Waals surface area contributed by atoms with E-state index in [1.807, 2.05) is 0 Å². The smallest absolute Gasteiger partial charge is 0.234 e. The molecule has 152 valence electrons. The number of benzene rings is 1. The number of aryl methyl sites for hydroxylation is 1. The van der Waals surface area contributed by atoms with E-state index in [1.165, 1.54) is 16.5 Å². The number of ether oxygens (including phenoxy) is 1. The normalized spacial score (nSPS) is 15.4. The van der Waals surface area contributed by atoms with Gasteiger partial charge in [0.25, 0.3) is 0 Å². The molecule has 6 heteroatoms. The fourth-order valence-corrected chi connectivity index (χ4v) is 3.74. The lowest BCUT2D eigenvalue weighted by Crippen LogP contribution is -2.50. The second-order valence-corrected chi connectivity index (χ2v) is 7.80. The summed E-state index contributed by atoms with van der Waals surface area (Å²) in [5.41, 5.74) is 3.68. The van der Waals surface area contributed by atoms with E-state index in [9.17, 15) is 4.79 Å². The van der Waals surface area contributed by atoms with Crippen molar-refractivity contribution >= 4 is 22.6 Å². The molecular formula is C22H32N4O2. The summed E-state index contributed by atoms with van der Waals surface area (Å²) in [7, 11) is 1.64. The van der Waals surface area contributed by atoms with Crippen molar-refractivity contribution in [1.29, 1.82) is 0 Å². The first-order valence-corrected chi connectivity index (χ1v) is 10.1. The van der Waals surface area contributed by atoms with Crippen molar-refractivity contribution in [2.75, 3.05) is 57.9 Å². The molecule has 6 nitrogen and oxygen atoms in total. The van der Waals surface area contributed by atoms with Gasteiger partial charge in [0.15, 0.2) is 0 Å². The highest BCUT2D eigenvalue weighted by atomic mass is 16.5. The fraction of sp³-hybridized carbons (Fsp3) is 0.545. The van der Waals surface area contributed by atoms with Gasteiger partial charge in [-0.25, -0.2) is 4.98 Å². The Morgan fingerprint density at radius 3 is 2.68 bits per heavy atom.